The summed E-state index contributed by atoms with van der Waals surface area (Å²) in [6.45, 7) is 12.2. The Morgan fingerprint density at radius 1 is 1.22 bits per heavy atom. The van der Waals surface area contributed by atoms with Gasteiger partial charge in [-0.1, -0.05) is 18.2 Å². The molecule has 2 aliphatic rings. The Morgan fingerprint density at radius 2 is 1.96 bits per heavy atom. The minimum atomic E-state index is 0. The van der Waals surface area contributed by atoms with Crippen LogP contribution in [0.1, 0.15) is 39.2 Å². The highest BCUT2D eigenvalue weighted by atomic mass is 127. The molecule has 1 saturated heterocycles. The smallest absolute Gasteiger partial charge is 0.193 e. The number of hydrogen-bond acceptors (Lipinski definition) is 3. The summed E-state index contributed by atoms with van der Waals surface area (Å²) in [5, 5.41) is 3.48. The van der Waals surface area contributed by atoms with E-state index in [1.165, 1.54) is 11.3 Å². The average molecular weight is 486 g/mol. The molecule has 152 valence electrons. The number of para-hydroxylation sites is 1. The van der Waals surface area contributed by atoms with E-state index in [1.807, 2.05) is 0 Å². The Bertz CT molecular complexity index is 602. The van der Waals surface area contributed by atoms with Crippen LogP contribution in [-0.2, 0) is 11.2 Å². The van der Waals surface area contributed by atoms with Crippen molar-refractivity contribution in [2.24, 2.45) is 4.99 Å². The van der Waals surface area contributed by atoms with Gasteiger partial charge in [-0.05, 0) is 51.7 Å². The minimum Gasteiger partial charge on any atom is -0.378 e. The Morgan fingerprint density at radius 3 is 2.67 bits per heavy atom. The lowest BCUT2D eigenvalue weighted by molar-refractivity contribution is 0.0263. The third-order valence-corrected chi connectivity index (χ3v) is 5.44. The molecule has 0 bridgehead atoms. The topological polar surface area (TPSA) is 40.1 Å². The second-order valence-corrected chi connectivity index (χ2v) is 7.26. The number of benzene rings is 1. The SMILES string of the molecule is CCNC(=NCC(C)N1CCc2ccccc21)N1CCC(OCC)CC1.I. The fraction of sp³-hybridized carbons (Fsp3) is 0.667. The van der Waals surface area contributed by atoms with Crippen LogP contribution in [0, 0.1) is 0 Å². The maximum atomic E-state index is 5.78. The first-order valence-corrected chi connectivity index (χ1v) is 10.2. The Hall–Kier alpha value is -1.02. The van der Waals surface area contributed by atoms with Gasteiger partial charge in [0.15, 0.2) is 5.96 Å². The summed E-state index contributed by atoms with van der Waals surface area (Å²) in [5.41, 5.74) is 2.85. The molecule has 0 saturated carbocycles. The lowest BCUT2D eigenvalue weighted by Crippen LogP contribution is -2.47. The number of piperidine rings is 1. The molecular weight excluding hydrogens is 451 g/mol. The normalized spacial score (nSPS) is 18.9. The molecule has 27 heavy (non-hydrogen) atoms. The van der Waals surface area contributed by atoms with E-state index in [0.717, 1.165) is 64.6 Å². The molecule has 1 aromatic rings. The lowest BCUT2D eigenvalue weighted by atomic mass is 10.1. The number of nitrogens with one attached hydrogen (secondary N) is 1. The molecule has 0 amide bonds. The van der Waals surface area contributed by atoms with Crippen molar-refractivity contribution in [2.75, 3.05) is 44.2 Å². The summed E-state index contributed by atoms with van der Waals surface area (Å²) in [7, 11) is 0. The van der Waals surface area contributed by atoms with Crippen molar-refractivity contribution >= 4 is 35.6 Å². The van der Waals surface area contributed by atoms with Crippen LogP contribution in [0.5, 0.6) is 0 Å². The fourth-order valence-electron chi connectivity index (χ4n) is 4.03. The van der Waals surface area contributed by atoms with Gasteiger partial charge in [0.1, 0.15) is 0 Å². The highest BCUT2D eigenvalue weighted by Gasteiger charge is 2.24. The third kappa shape index (κ3) is 5.73. The first-order valence-electron chi connectivity index (χ1n) is 10.2. The number of halogens is 1. The van der Waals surface area contributed by atoms with Crippen LogP contribution in [0.4, 0.5) is 5.69 Å². The van der Waals surface area contributed by atoms with Gasteiger partial charge in [-0.15, -0.1) is 24.0 Å². The Kier molecular flexibility index (Phi) is 9.15. The van der Waals surface area contributed by atoms with Crippen molar-refractivity contribution in [1.29, 1.82) is 0 Å². The van der Waals surface area contributed by atoms with E-state index in [1.54, 1.807) is 0 Å². The standard InChI is InChI=1S/C21H34N4O.HI/c1-4-22-21(24-13-11-19(12-14-24)26-5-2)23-16-17(3)25-15-10-18-8-6-7-9-20(18)25;/h6-9,17,19H,4-5,10-16H2,1-3H3,(H,22,23);1H. The summed E-state index contributed by atoms with van der Waals surface area (Å²) in [6, 6.07) is 9.18. The van der Waals surface area contributed by atoms with E-state index < -0.39 is 0 Å². The zero-order valence-corrected chi connectivity index (χ0v) is 19.3. The lowest BCUT2D eigenvalue weighted by Gasteiger charge is -2.34. The minimum absolute atomic E-state index is 0. The van der Waals surface area contributed by atoms with E-state index in [0.29, 0.717) is 12.1 Å². The second kappa shape index (κ2) is 11.1. The van der Waals surface area contributed by atoms with Crippen LogP contribution in [0.2, 0.25) is 0 Å². The van der Waals surface area contributed by atoms with Gasteiger partial charge in [0.25, 0.3) is 0 Å². The van der Waals surface area contributed by atoms with Crippen molar-refractivity contribution in [2.45, 2.75) is 52.2 Å². The van der Waals surface area contributed by atoms with Crippen molar-refractivity contribution in [3.63, 3.8) is 0 Å². The van der Waals surface area contributed by atoms with Crippen molar-refractivity contribution in [3.05, 3.63) is 29.8 Å². The van der Waals surface area contributed by atoms with E-state index >= 15 is 0 Å². The molecule has 1 fully saturated rings. The van der Waals surface area contributed by atoms with Crippen LogP contribution >= 0.6 is 24.0 Å². The van der Waals surface area contributed by atoms with Gasteiger partial charge in [0, 0.05) is 44.5 Å². The highest BCUT2D eigenvalue weighted by Crippen LogP contribution is 2.29. The molecule has 1 N–H and O–H groups in total. The average Bonchev–Trinajstić information content (AvgIpc) is 3.10. The number of hydrogen-bond donors (Lipinski definition) is 1. The molecule has 2 heterocycles. The van der Waals surface area contributed by atoms with E-state index in [9.17, 15) is 0 Å². The molecule has 5 nitrogen and oxygen atoms in total. The first-order chi connectivity index (χ1) is 12.7. The number of guanidine groups is 1. The first kappa shape index (κ1) is 22.3. The van der Waals surface area contributed by atoms with E-state index in [-0.39, 0.29) is 24.0 Å². The van der Waals surface area contributed by atoms with Gasteiger partial charge in [0.05, 0.1) is 12.6 Å². The maximum absolute atomic E-state index is 5.78. The summed E-state index contributed by atoms with van der Waals surface area (Å²) in [5.74, 6) is 1.06. The van der Waals surface area contributed by atoms with E-state index in [2.05, 4.69) is 60.2 Å². The number of anilines is 1. The van der Waals surface area contributed by atoms with Crippen LogP contribution in [0.25, 0.3) is 0 Å². The van der Waals surface area contributed by atoms with Crippen LogP contribution in [0.3, 0.4) is 0 Å². The predicted molar refractivity (Wildman–Crippen MR) is 125 cm³/mol. The number of fused-ring (bicyclic) bond motifs is 1. The Balaban J connectivity index is 0.00000261. The van der Waals surface area contributed by atoms with Crippen LogP contribution in [-0.4, -0.2) is 62.3 Å². The van der Waals surface area contributed by atoms with Gasteiger partial charge in [0.2, 0.25) is 0 Å². The van der Waals surface area contributed by atoms with Gasteiger partial charge in [-0.3, -0.25) is 4.99 Å². The summed E-state index contributed by atoms with van der Waals surface area (Å²) >= 11 is 0. The Labute approximate surface area is 181 Å². The molecular formula is C21H35IN4O. The zero-order chi connectivity index (χ0) is 18.4. The van der Waals surface area contributed by atoms with Crippen molar-refractivity contribution < 1.29 is 4.74 Å². The predicted octanol–water partition coefficient (Wildman–Crippen LogP) is 3.52. The molecule has 0 spiro atoms. The third-order valence-electron chi connectivity index (χ3n) is 5.44. The molecule has 0 aliphatic carbocycles. The molecule has 6 heteroatoms. The number of ether oxygens (including phenoxy) is 1. The monoisotopic (exact) mass is 486 g/mol. The molecule has 0 radical (unpaired) electrons. The number of likely N-dealkylation sites (tertiary alicyclic amines) is 1. The summed E-state index contributed by atoms with van der Waals surface area (Å²) in [4.78, 5) is 9.87. The number of nitrogens with zero attached hydrogens (tertiary/aromatic N) is 3. The zero-order valence-electron chi connectivity index (χ0n) is 17.0. The molecule has 1 atom stereocenters. The highest BCUT2D eigenvalue weighted by molar-refractivity contribution is 14.0. The quantitative estimate of drug-likeness (QED) is 0.380. The summed E-state index contributed by atoms with van der Waals surface area (Å²) in [6.07, 6.45) is 3.75. The van der Waals surface area contributed by atoms with Crippen LogP contribution in [0.15, 0.2) is 29.3 Å². The van der Waals surface area contributed by atoms with Crippen molar-refractivity contribution in [1.82, 2.24) is 10.2 Å². The number of rotatable bonds is 6. The van der Waals surface area contributed by atoms with Gasteiger partial charge in [-0.2, -0.15) is 0 Å². The molecule has 2 aliphatic heterocycles. The largest absolute Gasteiger partial charge is 0.378 e. The molecule has 0 aromatic heterocycles. The van der Waals surface area contributed by atoms with Gasteiger partial charge in [-0.25, -0.2) is 0 Å². The fourth-order valence-corrected chi connectivity index (χ4v) is 4.03. The summed E-state index contributed by atoms with van der Waals surface area (Å²) < 4.78 is 5.78. The molecule has 3 rings (SSSR count). The molecule has 1 unspecified atom stereocenters. The van der Waals surface area contributed by atoms with Crippen LogP contribution < -0.4 is 10.2 Å². The van der Waals surface area contributed by atoms with E-state index in [4.69, 9.17) is 9.73 Å². The maximum Gasteiger partial charge on any atom is 0.193 e. The van der Waals surface area contributed by atoms with Crippen molar-refractivity contribution in [3.8, 4) is 0 Å². The van der Waals surface area contributed by atoms with Gasteiger partial charge < -0.3 is 19.9 Å². The second-order valence-electron chi connectivity index (χ2n) is 7.26. The van der Waals surface area contributed by atoms with Gasteiger partial charge >= 0.3 is 0 Å². The number of aliphatic imine (C=N–C) groups is 1. The molecule has 1 aromatic carbocycles.